The molecule has 2 heterocycles. The third kappa shape index (κ3) is 6.30. The standard InChI is InChI=1S/C41H37BN5.Pt/c1-28-23-29(2)39(30(3)24-28)42(36-19-14-22-38(26-36)47-27-46(32(5)44-47)37-20-11-8-12-21-37)35-18-13-17-34(25-35)41-43-40(31(4)45(41)6)33-15-9-7-10-16-33;/h7-24,27H,1-6H3;/q-3;. The number of rotatable bonds is 7. The van der Waals surface area contributed by atoms with E-state index in [4.69, 9.17) is 10.1 Å². The quantitative estimate of drug-likeness (QED) is 0.131. The molecule has 6 aromatic rings. The van der Waals surface area contributed by atoms with Crippen LogP contribution in [0.25, 0.3) is 22.6 Å². The molecular formula is C41H37BN5Pt-3. The van der Waals surface area contributed by atoms with Crippen LogP contribution in [0, 0.1) is 46.5 Å². The summed E-state index contributed by atoms with van der Waals surface area (Å²) in [4.78, 5) is 7.24. The molecule has 0 saturated heterocycles. The molecular weight excluding hydrogens is 768 g/mol. The van der Waals surface area contributed by atoms with Crippen molar-refractivity contribution in [2.24, 2.45) is 12.1 Å². The van der Waals surface area contributed by atoms with Gasteiger partial charge in [-0.2, -0.15) is 34.2 Å². The summed E-state index contributed by atoms with van der Waals surface area (Å²) in [6.07, 6.45) is 0. The van der Waals surface area contributed by atoms with E-state index in [9.17, 15) is 0 Å². The molecule has 48 heavy (non-hydrogen) atoms. The van der Waals surface area contributed by atoms with Gasteiger partial charge in [0.25, 0.3) is 0 Å². The fourth-order valence-corrected chi connectivity index (χ4v) is 6.76. The minimum atomic E-state index is -0.0941. The van der Waals surface area contributed by atoms with E-state index >= 15 is 0 Å². The number of hydrogen-bond acceptors (Lipinski definition) is 4. The van der Waals surface area contributed by atoms with Crippen LogP contribution in [0.5, 0.6) is 0 Å². The van der Waals surface area contributed by atoms with Crippen molar-refractivity contribution in [2.75, 3.05) is 9.91 Å². The summed E-state index contributed by atoms with van der Waals surface area (Å²) in [5.41, 5.74) is 13.3. The molecule has 0 N–H and O–H groups in total. The van der Waals surface area contributed by atoms with Gasteiger partial charge in [-0.3, -0.25) is 4.98 Å². The third-order valence-corrected chi connectivity index (χ3v) is 9.05. The summed E-state index contributed by atoms with van der Waals surface area (Å²) < 4.78 is 2.17. The molecule has 5 nitrogen and oxygen atoms in total. The topological polar surface area (TPSA) is 36.7 Å². The van der Waals surface area contributed by atoms with Gasteiger partial charge in [0.15, 0.2) is 6.71 Å². The Balaban J connectivity index is 0.00000401. The van der Waals surface area contributed by atoms with Gasteiger partial charge in [-0.25, -0.2) is 0 Å². The smallest absolute Gasteiger partial charge is 0.198 e. The number of hydrogen-bond donors (Lipinski definition) is 0. The molecule has 242 valence electrons. The predicted molar refractivity (Wildman–Crippen MR) is 197 cm³/mol. The first-order valence-electron chi connectivity index (χ1n) is 16.0. The second-order valence-corrected chi connectivity index (χ2v) is 12.4. The van der Waals surface area contributed by atoms with E-state index < -0.39 is 0 Å². The average molecular weight is 806 g/mol. The number of aryl methyl sites for hydroxylation is 3. The Morgan fingerprint density at radius 2 is 1.33 bits per heavy atom. The van der Waals surface area contributed by atoms with Crippen LogP contribution in [0.15, 0.2) is 114 Å². The molecule has 1 aliphatic rings. The van der Waals surface area contributed by atoms with Crippen LogP contribution < -0.4 is 26.3 Å². The third-order valence-electron chi connectivity index (χ3n) is 9.05. The van der Waals surface area contributed by atoms with Gasteiger partial charge in [-0.15, -0.1) is 42.6 Å². The molecule has 5 aromatic carbocycles. The fraction of sp³-hybridized carbons (Fsp3) is 0.146. The number of hydrazone groups is 1. The van der Waals surface area contributed by atoms with Crippen molar-refractivity contribution in [3.63, 3.8) is 0 Å². The van der Waals surface area contributed by atoms with Crippen molar-refractivity contribution in [1.82, 2.24) is 9.55 Å². The Bertz CT molecular complexity index is 2080. The van der Waals surface area contributed by atoms with E-state index in [2.05, 4.69) is 141 Å². The Hall–Kier alpha value is -4.67. The molecule has 0 bridgehead atoms. The van der Waals surface area contributed by atoms with E-state index in [0.717, 1.165) is 56.5 Å². The maximum absolute atomic E-state index is 5.14. The summed E-state index contributed by atoms with van der Waals surface area (Å²) in [6, 6.07) is 45.6. The molecule has 0 aliphatic carbocycles. The van der Waals surface area contributed by atoms with Crippen molar-refractivity contribution in [1.29, 1.82) is 0 Å². The van der Waals surface area contributed by atoms with E-state index in [-0.39, 0.29) is 27.8 Å². The summed E-state index contributed by atoms with van der Waals surface area (Å²) in [5.74, 6) is 1.80. The van der Waals surface area contributed by atoms with Gasteiger partial charge in [0.2, 0.25) is 0 Å². The van der Waals surface area contributed by atoms with Gasteiger partial charge in [0, 0.05) is 45.1 Å². The second-order valence-electron chi connectivity index (χ2n) is 12.4. The van der Waals surface area contributed by atoms with Crippen LogP contribution in [0.3, 0.4) is 0 Å². The van der Waals surface area contributed by atoms with Crippen molar-refractivity contribution in [3.8, 4) is 22.6 Å². The summed E-state index contributed by atoms with van der Waals surface area (Å²) in [6.45, 7) is 12.7. The predicted octanol–water partition coefficient (Wildman–Crippen LogP) is 6.88. The zero-order valence-corrected chi connectivity index (χ0v) is 30.4. The van der Waals surface area contributed by atoms with E-state index in [1.807, 2.05) is 42.9 Å². The van der Waals surface area contributed by atoms with Crippen LogP contribution >= 0.6 is 0 Å². The molecule has 0 fully saturated rings. The van der Waals surface area contributed by atoms with E-state index in [0.29, 0.717) is 0 Å². The number of amidine groups is 1. The van der Waals surface area contributed by atoms with Crippen LogP contribution in [0.2, 0.25) is 0 Å². The second kappa shape index (κ2) is 13.8. The molecule has 1 aliphatic heterocycles. The van der Waals surface area contributed by atoms with Gasteiger partial charge >= 0.3 is 0 Å². The molecule has 7 rings (SSSR count). The van der Waals surface area contributed by atoms with Crippen molar-refractivity contribution in [3.05, 3.63) is 150 Å². The number of nitrogens with zero attached hydrogens (tertiary/aromatic N) is 5. The van der Waals surface area contributed by atoms with Gasteiger partial charge < -0.3 is 14.5 Å². The molecule has 0 amide bonds. The number of benzene rings is 5. The summed E-state index contributed by atoms with van der Waals surface area (Å²) in [7, 11) is 2.08. The van der Waals surface area contributed by atoms with Crippen molar-refractivity contribution >= 4 is 40.3 Å². The Kier molecular flexibility index (Phi) is 9.57. The molecule has 0 spiro atoms. The SMILES string of the molecule is CC1=NN(c2[c-]c(B(c3[c-]c(-c4nc(-c5ccccc5)c(C)n4C)ccc3)c3c(C)cc(C)cc3C)ccc2)[CH-]N1c1ccccc1.[Pt]. The molecule has 7 heteroatoms. The summed E-state index contributed by atoms with van der Waals surface area (Å²) in [5, 5.41) is 6.79. The monoisotopic (exact) mass is 805 g/mol. The van der Waals surface area contributed by atoms with Crippen LogP contribution in [0.1, 0.15) is 29.3 Å². The van der Waals surface area contributed by atoms with Gasteiger partial charge in [0.1, 0.15) is 0 Å². The molecule has 0 unspecified atom stereocenters. The molecule has 1 aromatic heterocycles. The van der Waals surface area contributed by atoms with Gasteiger partial charge in [-0.1, -0.05) is 88.5 Å². The minimum absolute atomic E-state index is 0. The van der Waals surface area contributed by atoms with Crippen molar-refractivity contribution in [2.45, 2.75) is 34.6 Å². The van der Waals surface area contributed by atoms with Crippen LogP contribution in [-0.2, 0) is 28.1 Å². The number of para-hydroxylation sites is 1. The molecule has 0 saturated carbocycles. The fourth-order valence-electron chi connectivity index (χ4n) is 6.76. The van der Waals surface area contributed by atoms with Crippen LogP contribution in [0.4, 0.5) is 11.4 Å². The summed E-state index contributed by atoms with van der Waals surface area (Å²) >= 11 is 0. The first-order valence-corrected chi connectivity index (χ1v) is 16.0. The van der Waals surface area contributed by atoms with Gasteiger partial charge in [-0.05, 0) is 46.8 Å². The molecule has 0 radical (unpaired) electrons. The Labute approximate surface area is 299 Å². The van der Waals surface area contributed by atoms with E-state index in [1.165, 1.54) is 22.2 Å². The van der Waals surface area contributed by atoms with Gasteiger partial charge in [0.05, 0.1) is 17.4 Å². The minimum Gasteiger partial charge on any atom is -0.460 e. The maximum Gasteiger partial charge on any atom is 0.198 e. The number of imidazole rings is 1. The van der Waals surface area contributed by atoms with Crippen LogP contribution in [-0.4, -0.2) is 22.1 Å². The molecule has 0 atom stereocenters. The average Bonchev–Trinajstić information content (AvgIpc) is 3.62. The maximum atomic E-state index is 5.14. The zero-order valence-electron chi connectivity index (χ0n) is 28.1. The zero-order chi connectivity index (χ0) is 32.7. The first kappa shape index (κ1) is 33.2. The number of aromatic nitrogens is 2. The number of anilines is 2. The van der Waals surface area contributed by atoms with E-state index in [1.54, 1.807) is 0 Å². The normalized spacial score (nSPS) is 12.6. The largest absolute Gasteiger partial charge is 0.460 e. The van der Waals surface area contributed by atoms with Crippen molar-refractivity contribution < 1.29 is 21.1 Å². The first-order chi connectivity index (χ1) is 22.8. The Morgan fingerprint density at radius 1 is 0.708 bits per heavy atom. The Morgan fingerprint density at radius 3 is 2.02 bits per heavy atom.